The molecule has 3 atom stereocenters. The summed E-state index contributed by atoms with van der Waals surface area (Å²) in [5.41, 5.74) is 0.630. The molecule has 1 N–H and O–H groups in total. The zero-order valence-corrected chi connectivity index (χ0v) is 22.7. The molecule has 4 bridgehead atoms. The normalized spacial score (nSPS) is 30.4. The predicted molar refractivity (Wildman–Crippen MR) is 137 cm³/mol. The summed E-state index contributed by atoms with van der Waals surface area (Å²) in [7, 11) is 1.51. The first kappa shape index (κ1) is 26.4. The van der Waals surface area contributed by atoms with E-state index in [0.29, 0.717) is 17.4 Å². The quantitative estimate of drug-likeness (QED) is 0.409. The van der Waals surface area contributed by atoms with Crippen molar-refractivity contribution in [2.45, 2.75) is 96.9 Å². The standard InChI is InChI=1S/C29H42N2O6/c1-17(31-15-24-26(37-19(3)32)25(34-4)7-8-30-24)28(33)36-18(2)27(35-16-20-5-6-20)29-12-21-9-22(13-29)11-23(10-21)14-29/h7-8,17-18,20-23,27,31H,5-6,9-16H2,1-4H3/t17-,18-,21?,22?,23?,27-,29?/m0/s1. The largest absolute Gasteiger partial charge is 0.493 e. The molecule has 1 aromatic rings. The molecule has 1 aromatic heterocycles. The summed E-state index contributed by atoms with van der Waals surface area (Å²) in [5, 5.41) is 3.18. The molecule has 204 valence electrons. The molecule has 0 amide bonds. The van der Waals surface area contributed by atoms with Gasteiger partial charge >= 0.3 is 11.9 Å². The Labute approximate surface area is 220 Å². The Balaban J connectivity index is 1.23. The van der Waals surface area contributed by atoms with Crippen LogP contribution in [0.3, 0.4) is 0 Å². The van der Waals surface area contributed by atoms with Gasteiger partial charge < -0.3 is 18.9 Å². The first-order chi connectivity index (χ1) is 17.8. The van der Waals surface area contributed by atoms with E-state index < -0.39 is 12.0 Å². The van der Waals surface area contributed by atoms with E-state index in [9.17, 15) is 9.59 Å². The molecule has 0 aliphatic heterocycles. The zero-order chi connectivity index (χ0) is 26.2. The van der Waals surface area contributed by atoms with E-state index in [2.05, 4.69) is 10.3 Å². The number of rotatable bonds is 12. The van der Waals surface area contributed by atoms with Gasteiger partial charge in [-0.1, -0.05) is 0 Å². The minimum absolute atomic E-state index is 0.0479. The number of esters is 2. The number of aromatic nitrogens is 1. The third-order valence-electron chi connectivity index (χ3n) is 8.96. The minimum Gasteiger partial charge on any atom is -0.493 e. The van der Waals surface area contributed by atoms with Gasteiger partial charge in [-0.05, 0) is 88.9 Å². The molecule has 8 nitrogen and oxygen atoms in total. The summed E-state index contributed by atoms with van der Waals surface area (Å²) in [6, 6.07) is 1.06. The van der Waals surface area contributed by atoms with Gasteiger partial charge in [0.1, 0.15) is 17.8 Å². The fourth-order valence-corrected chi connectivity index (χ4v) is 7.55. The van der Waals surface area contributed by atoms with E-state index in [1.165, 1.54) is 65.4 Å². The van der Waals surface area contributed by atoms with Crippen molar-refractivity contribution in [1.29, 1.82) is 0 Å². The minimum atomic E-state index is -0.568. The zero-order valence-electron chi connectivity index (χ0n) is 22.7. The number of pyridine rings is 1. The van der Waals surface area contributed by atoms with Gasteiger partial charge in [0.05, 0.1) is 13.2 Å². The van der Waals surface area contributed by atoms with Crippen LogP contribution in [0, 0.1) is 29.1 Å². The monoisotopic (exact) mass is 514 g/mol. The Morgan fingerprint density at radius 1 is 1.11 bits per heavy atom. The summed E-state index contributed by atoms with van der Waals surface area (Å²) in [4.78, 5) is 29.1. The number of carbonyl (C=O) groups is 2. The van der Waals surface area contributed by atoms with Gasteiger partial charge in [-0.25, -0.2) is 0 Å². The molecule has 5 fully saturated rings. The average molecular weight is 515 g/mol. The van der Waals surface area contributed by atoms with E-state index >= 15 is 0 Å². The lowest BCUT2D eigenvalue weighted by molar-refractivity contribution is -0.192. The number of ether oxygens (including phenoxy) is 4. The van der Waals surface area contributed by atoms with E-state index in [0.717, 1.165) is 24.4 Å². The number of hydrogen-bond donors (Lipinski definition) is 1. The van der Waals surface area contributed by atoms with Crippen LogP contribution >= 0.6 is 0 Å². The van der Waals surface area contributed by atoms with Crippen molar-refractivity contribution >= 4 is 11.9 Å². The van der Waals surface area contributed by atoms with Crippen molar-refractivity contribution in [3.63, 3.8) is 0 Å². The average Bonchev–Trinajstić information content (AvgIpc) is 3.66. The summed E-state index contributed by atoms with van der Waals surface area (Å²) < 4.78 is 23.4. The van der Waals surface area contributed by atoms with Crippen molar-refractivity contribution in [1.82, 2.24) is 10.3 Å². The molecular weight excluding hydrogens is 472 g/mol. The second-order valence-corrected chi connectivity index (χ2v) is 12.1. The Morgan fingerprint density at radius 3 is 2.32 bits per heavy atom. The molecule has 0 unspecified atom stereocenters. The van der Waals surface area contributed by atoms with E-state index in [4.69, 9.17) is 18.9 Å². The Bertz CT molecular complexity index is 957. The molecule has 5 saturated carbocycles. The molecule has 37 heavy (non-hydrogen) atoms. The van der Waals surface area contributed by atoms with E-state index in [-0.39, 0.29) is 35.9 Å². The van der Waals surface area contributed by atoms with Crippen molar-refractivity contribution in [3.05, 3.63) is 18.0 Å². The molecule has 0 aromatic carbocycles. The van der Waals surface area contributed by atoms with Gasteiger partial charge in [0.25, 0.3) is 0 Å². The first-order valence-electron chi connectivity index (χ1n) is 14.0. The van der Waals surface area contributed by atoms with Crippen molar-refractivity contribution < 1.29 is 28.5 Å². The highest BCUT2D eigenvalue weighted by Crippen LogP contribution is 2.62. The van der Waals surface area contributed by atoms with E-state index in [1.807, 2.05) is 6.92 Å². The van der Waals surface area contributed by atoms with Crippen LogP contribution in [0.2, 0.25) is 0 Å². The van der Waals surface area contributed by atoms with Crippen LogP contribution in [0.15, 0.2) is 12.3 Å². The van der Waals surface area contributed by atoms with Gasteiger partial charge in [-0.15, -0.1) is 0 Å². The lowest BCUT2D eigenvalue weighted by Crippen LogP contribution is -2.56. The van der Waals surface area contributed by atoms with Crippen LogP contribution in [0.25, 0.3) is 0 Å². The van der Waals surface area contributed by atoms with Gasteiger partial charge in [0.15, 0.2) is 11.5 Å². The number of carbonyl (C=O) groups excluding carboxylic acids is 2. The molecular formula is C29H42N2O6. The SMILES string of the molecule is COc1ccnc(CN[C@@H](C)C(=O)O[C@@H](C)[C@H](OCC2CC2)C23CC4CC(CC(C4)C2)C3)c1OC(C)=O. The highest BCUT2D eigenvalue weighted by atomic mass is 16.6. The highest BCUT2D eigenvalue weighted by Gasteiger charge is 2.56. The highest BCUT2D eigenvalue weighted by molar-refractivity contribution is 5.75. The molecule has 0 saturated heterocycles. The van der Waals surface area contributed by atoms with Gasteiger partial charge in [0, 0.05) is 37.8 Å². The smallest absolute Gasteiger partial charge is 0.323 e. The summed E-state index contributed by atoms with van der Waals surface area (Å²) >= 11 is 0. The lowest BCUT2D eigenvalue weighted by atomic mass is 9.47. The number of nitrogens with zero attached hydrogens (tertiary/aromatic N) is 1. The van der Waals surface area contributed by atoms with Crippen LogP contribution in [0.5, 0.6) is 11.5 Å². The van der Waals surface area contributed by atoms with Crippen molar-refractivity contribution in [2.24, 2.45) is 29.1 Å². The van der Waals surface area contributed by atoms with Gasteiger partial charge in [0.2, 0.25) is 0 Å². The maximum atomic E-state index is 13.2. The van der Waals surface area contributed by atoms with Crippen LogP contribution in [0.4, 0.5) is 0 Å². The molecule has 0 radical (unpaired) electrons. The van der Waals surface area contributed by atoms with Crippen molar-refractivity contribution in [3.8, 4) is 11.5 Å². The molecule has 8 heteroatoms. The molecule has 1 heterocycles. The van der Waals surface area contributed by atoms with Crippen LogP contribution in [0.1, 0.15) is 77.8 Å². The van der Waals surface area contributed by atoms with Gasteiger partial charge in [-0.2, -0.15) is 0 Å². The maximum absolute atomic E-state index is 13.2. The third kappa shape index (κ3) is 5.95. The maximum Gasteiger partial charge on any atom is 0.323 e. The van der Waals surface area contributed by atoms with Crippen LogP contribution in [-0.4, -0.2) is 48.9 Å². The predicted octanol–water partition coefficient (Wildman–Crippen LogP) is 4.44. The Morgan fingerprint density at radius 2 is 1.76 bits per heavy atom. The topological polar surface area (TPSA) is 96.0 Å². The van der Waals surface area contributed by atoms with Crippen molar-refractivity contribution in [2.75, 3.05) is 13.7 Å². The molecule has 5 aliphatic rings. The summed E-state index contributed by atoms with van der Waals surface area (Å²) in [5.74, 6) is 2.99. The van der Waals surface area contributed by atoms with Crippen LogP contribution in [-0.2, 0) is 25.6 Å². The molecule has 5 aliphatic carbocycles. The fraction of sp³-hybridized carbons (Fsp3) is 0.759. The Kier molecular flexibility index (Phi) is 7.78. The summed E-state index contributed by atoms with van der Waals surface area (Å²) in [6.45, 7) is 6.13. The number of nitrogens with one attached hydrogen (secondary N) is 1. The van der Waals surface area contributed by atoms with Gasteiger partial charge in [-0.3, -0.25) is 19.9 Å². The summed E-state index contributed by atoms with van der Waals surface area (Å²) in [6.07, 6.45) is 11.5. The van der Waals surface area contributed by atoms with E-state index in [1.54, 1.807) is 19.2 Å². The lowest BCUT2D eigenvalue weighted by Gasteiger charge is -2.59. The second kappa shape index (κ2) is 10.9. The third-order valence-corrected chi connectivity index (χ3v) is 8.96. The first-order valence-corrected chi connectivity index (χ1v) is 14.0. The molecule has 6 rings (SSSR count). The van der Waals surface area contributed by atoms with Crippen LogP contribution < -0.4 is 14.8 Å². The fourth-order valence-electron chi connectivity index (χ4n) is 7.55. The number of methoxy groups -OCH3 is 1. The molecule has 0 spiro atoms. The number of hydrogen-bond acceptors (Lipinski definition) is 8. The Hall–Kier alpha value is -2.19. The second-order valence-electron chi connectivity index (χ2n) is 12.1.